The van der Waals surface area contributed by atoms with Gasteiger partial charge in [-0.2, -0.15) is 8.42 Å². The molecule has 0 saturated carbocycles. The first-order valence-electron chi connectivity index (χ1n) is 6.41. The minimum absolute atomic E-state index is 0.116. The molecule has 0 radical (unpaired) electrons. The molecule has 6 nitrogen and oxygen atoms in total. The monoisotopic (exact) mass is 292 g/mol. The van der Waals surface area contributed by atoms with E-state index in [1.54, 1.807) is 19.1 Å². The molecule has 0 fully saturated rings. The molecule has 20 heavy (non-hydrogen) atoms. The van der Waals surface area contributed by atoms with Crippen LogP contribution >= 0.6 is 0 Å². The van der Waals surface area contributed by atoms with Gasteiger partial charge in [-0.25, -0.2) is 4.98 Å². The molecule has 2 aromatic rings. The number of aromatic amines is 1. The number of imidazole rings is 1. The van der Waals surface area contributed by atoms with Crippen molar-refractivity contribution in [3.8, 4) is 0 Å². The van der Waals surface area contributed by atoms with Crippen LogP contribution in [0.5, 0.6) is 0 Å². The average molecular weight is 292 g/mol. The van der Waals surface area contributed by atoms with Crippen LogP contribution in [0.4, 0.5) is 11.4 Å². The number of rotatable bonds is 2. The van der Waals surface area contributed by atoms with Gasteiger partial charge in [-0.05, 0) is 37.5 Å². The maximum Gasteiger partial charge on any atom is 0.281 e. The minimum Gasteiger partial charge on any atom is -0.399 e. The van der Waals surface area contributed by atoms with Crippen LogP contribution in [-0.4, -0.2) is 24.9 Å². The van der Waals surface area contributed by atoms with E-state index >= 15 is 0 Å². The molecule has 3 rings (SSSR count). The molecule has 1 aliphatic rings. The van der Waals surface area contributed by atoms with Crippen LogP contribution in [0.1, 0.15) is 17.8 Å². The van der Waals surface area contributed by atoms with E-state index in [9.17, 15) is 8.42 Å². The van der Waals surface area contributed by atoms with E-state index in [0.717, 1.165) is 18.4 Å². The van der Waals surface area contributed by atoms with Crippen LogP contribution in [0.25, 0.3) is 0 Å². The van der Waals surface area contributed by atoms with Gasteiger partial charge < -0.3 is 10.7 Å². The van der Waals surface area contributed by atoms with E-state index in [2.05, 4.69) is 9.97 Å². The van der Waals surface area contributed by atoms with Gasteiger partial charge in [-0.3, -0.25) is 4.31 Å². The number of sulfonamides is 1. The van der Waals surface area contributed by atoms with Gasteiger partial charge in [0.25, 0.3) is 10.0 Å². The molecule has 3 N–H and O–H groups in total. The third kappa shape index (κ3) is 2.03. The second kappa shape index (κ2) is 4.52. The molecule has 0 saturated heterocycles. The van der Waals surface area contributed by atoms with E-state index in [1.807, 2.05) is 6.07 Å². The fourth-order valence-corrected chi connectivity index (χ4v) is 3.95. The number of fused-ring (bicyclic) bond motifs is 1. The van der Waals surface area contributed by atoms with E-state index in [-0.39, 0.29) is 5.03 Å². The fraction of sp³-hybridized carbons (Fsp3) is 0.308. The molecule has 106 valence electrons. The second-order valence-electron chi connectivity index (χ2n) is 4.90. The molecule has 0 amide bonds. The topological polar surface area (TPSA) is 92.1 Å². The van der Waals surface area contributed by atoms with Crippen LogP contribution in [0.15, 0.2) is 29.4 Å². The Morgan fingerprint density at radius 1 is 1.40 bits per heavy atom. The molecule has 7 heteroatoms. The fourth-order valence-electron chi connectivity index (χ4n) is 2.46. The quantitative estimate of drug-likeness (QED) is 0.819. The maximum atomic E-state index is 12.7. The Balaban J connectivity index is 2.10. The zero-order chi connectivity index (χ0) is 14.3. The first-order chi connectivity index (χ1) is 9.48. The average Bonchev–Trinajstić information content (AvgIpc) is 2.85. The summed E-state index contributed by atoms with van der Waals surface area (Å²) in [5.74, 6) is 0.577. The summed E-state index contributed by atoms with van der Waals surface area (Å²) in [6, 6.07) is 5.41. The van der Waals surface area contributed by atoms with Gasteiger partial charge in [0.1, 0.15) is 5.82 Å². The highest BCUT2D eigenvalue weighted by Crippen LogP contribution is 2.32. The first-order valence-corrected chi connectivity index (χ1v) is 7.85. The Labute approximate surface area is 117 Å². The van der Waals surface area contributed by atoms with E-state index in [0.29, 0.717) is 23.7 Å². The standard InChI is InChI=1S/C13H16N4O2S/c1-9-15-8-13(16-9)20(18,19)17-6-2-3-10-4-5-11(14)7-12(10)17/h4-5,7-8H,2-3,6,14H2,1H3,(H,15,16). The Morgan fingerprint density at radius 3 is 2.90 bits per heavy atom. The van der Waals surface area contributed by atoms with Crippen molar-refractivity contribution in [2.45, 2.75) is 24.8 Å². The molecule has 0 bridgehead atoms. The maximum absolute atomic E-state index is 12.7. The van der Waals surface area contributed by atoms with Gasteiger partial charge in [0, 0.05) is 12.2 Å². The predicted octanol–water partition coefficient (Wildman–Crippen LogP) is 1.44. The summed E-state index contributed by atoms with van der Waals surface area (Å²) < 4.78 is 26.8. The summed E-state index contributed by atoms with van der Waals surface area (Å²) in [6.45, 7) is 2.18. The van der Waals surface area contributed by atoms with Crippen LogP contribution < -0.4 is 10.0 Å². The molecule has 1 aliphatic heterocycles. The number of nitrogens with one attached hydrogen (secondary N) is 1. The molecular weight excluding hydrogens is 276 g/mol. The van der Waals surface area contributed by atoms with Crippen molar-refractivity contribution in [2.75, 3.05) is 16.6 Å². The number of hydrogen-bond acceptors (Lipinski definition) is 4. The van der Waals surface area contributed by atoms with Gasteiger partial charge in [0.2, 0.25) is 0 Å². The number of hydrogen-bond donors (Lipinski definition) is 2. The Bertz CT molecular complexity index is 751. The molecule has 0 spiro atoms. The van der Waals surface area contributed by atoms with Crippen molar-refractivity contribution < 1.29 is 8.42 Å². The van der Waals surface area contributed by atoms with Gasteiger partial charge in [-0.15, -0.1) is 0 Å². The third-order valence-electron chi connectivity index (χ3n) is 3.43. The SMILES string of the molecule is Cc1ncc(S(=O)(=O)N2CCCc3ccc(N)cc32)[nH]1. The third-order valence-corrected chi connectivity index (χ3v) is 5.16. The summed E-state index contributed by atoms with van der Waals surface area (Å²) >= 11 is 0. The van der Waals surface area contributed by atoms with Crippen molar-refractivity contribution in [1.29, 1.82) is 0 Å². The molecule has 0 aliphatic carbocycles. The van der Waals surface area contributed by atoms with Gasteiger partial charge in [0.15, 0.2) is 5.03 Å². The van der Waals surface area contributed by atoms with E-state index < -0.39 is 10.0 Å². The number of anilines is 2. The summed E-state index contributed by atoms with van der Waals surface area (Å²) in [6.07, 6.45) is 3.01. The van der Waals surface area contributed by atoms with Gasteiger partial charge >= 0.3 is 0 Å². The summed E-state index contributed by atoms with van der Waals surface area (Å²) in [7, 11) is -3.61. The zero-order valence-corrected chi connectivity index (χ0v) is 11.9. The second-order valence-corrected chi connectivity index (χ2v) is 6.73. The first kappa shape index (κ1) is 13.0. The lowest BCUT2D eigenvalue weighted by Crippen LogP contribution is -2.35. The number of aryl methyl sites for hydroxylation is 2. The minimum atomic E-state index is -3.61. The molecule has 2 heterocycles. The molecule has 0 atom stereocenters. The number of nitrogens with zero attached hydrogens (tertiary/aromatic N) is 2. The highest BCUT2D eigenvalue weighted by atomic mass is 32.2. The van der Waals surface area contributed by atoms with Gasteiger partial charge in [-0.1, -0.05) is 6.07 Å². The van der Waals surface area contributed by atoms with Crippen LogP contribution in [0.3, 0.4) is 0 Å². The highest BCUT2D eigenvalue weighted by molar-refractivity contribution is 7.92. The molecular formula is C13H16N4O2S. The summed E-state index contributed by atoms with van der Waals surface area (Å²) in [4.78, 5) is 6.75. The van der Waals surface area contributed by atoms with E-state index in [4.69, 9.17) is 5.73 Å². The number of aromatic nitrogens is 2. The lowest BCUT2D eigenvalue weighted by Gasteiger charge is -2.30. The summed E-state index contributed by atoms with van der Waals surface area (Å²) in [5.41, 5.74) is 8.02. The molecule has 1 aromatic heterocycles. The van der Waals surface area contributed by atoms with Crippen LogP contribution in [-0.2, 0) is 16.4 Å². The van der Waals surface area contributed by atoms with Crippen molar-refractivity contribution >= 4 is 21.4 Å². The largest absolute Gasteiger partial charge is 0.399 e. The normalized spacial score (nSPS) is 15.2. The van der Waals surface area contributed by atoms with Crippen LogP contribution in [0, 0.1) is 6.92 Å². The molecule has 0 unspecified atom stereocenters. The van der Waals surface area contributed by atoms with Crippen molar-refractivity contribution in [3.05, 3.63) is 35.8 Å². The van der Waals surface area contributed by atoms with Crippen LogP contribution in [0.2, 0.25) is 0 Å². The summed E-state index contributed by atoms with van der Waals surface area (Å²) in [5, 5.41) is 0.116. The zero-order valence-electron chi connectivity index (χ0n) is 11.1. The smallest absolute Gasteiger partial charge is 0.281 e. The Morgan fingerprint density at radius 2 is 2.20 bits per heavy atom. The predicted molar refractivity (Wildman–Crippen MR) is 77.0 cm³/mol. The van der Waals surface area contributed by atoms with Gasteiger partial charge in [0.05, 0.1) is 11.9 Å². The Hall–Kier alpha value is -2.02. The molecule has 1 aromatic carbocycles. The lowest BCUT2D eigenvalue weighted by atomic mass is 10.0. The number of H-pyrrole nitrogens is 1. The highest BCUT2D eigenvalue weighted by Gasteiger charge is 2.30. The van der Waals surface area contributed by atoms with E-state index in [1.165, 1.54) is 10.5 Å². The number of benzene rings is 1. The lowest BCUT2D eigenvalue weighted by molar-refractivity contribution is 0.583. The van der Waals surface area contributed by atoms with Crippen molar-refractivity contribution in [2.24, 2.45) is 0 Å². The van der Waals surface area contributed by atoms with Crippen molar-refractivity contribution in [3.63, 3.8) is 0 Å². The number of nitrogen functional groups attached to an aromatic ring is 1. The Kier molecular flexibility index (Phi) is 2.93. The van der Waals surface area contributed by atoms with Crippen molar-refractivity contribution in [1.82, 2.24) is 9.97 Å². The number of nitrogens with two attached hydrogens (primary N) is 1.